The van der Waals surface area contributed by atoms with Gasteiger partial charge in [-0.3, -0.25) is 9.80 Å². The van der Waals surface area contributed by atoms with Crippen LogP contribution in [0.2, 0.25) is 0 Å². The molecular weight excluding hydrogens is 318 g/mol. The Morgan fingerprint density at radius 2 is 2.04 bits per heavy atom. The van der Waals surface area contributed by atoms with E-state index in [1.54, 1.807) is 32.6 Å². The van der Waals surface area contributed by atoms with Crippen molar-refractivity contribution in [3.8, 4) is 11.8 Å². The number of rotatable bonds is 1. The van der Waals surface area contributed by atoms with Crippen LogP contribution in [0.1, 0.15) is 40.5 Å². The number of hydrogen-bond acceptors (Lipinski definition) is 4. The first-order valence-electron chi connectivity index (χ1n) is 8.16. The number of hydrogen-bond donors (Lipinski definition) is 0. The van der Waals surface area contributed by atoms with Crippen molar-refractivity contribution in [2.75, 3.05) is 32.9 Å². The van der Waals surface area contributed by atoms with E-state index in [0.717, 1.165) is 0 Å². The molecule has 0 aromatic heterocycles. The van der Waals surface area contributed by atoms with Crippen LogP contribution in [0.25, 0.3) is 0 Å². The molecule has 2 saturated heterocycles. The van der Waals surface area contributed by atoms with Crippen molar-refractivity contribution in [3.63, 3.8) is 0 Å². The molecule has 2 aliphatic rings. The summed E-state index contributed by atoms with van der Waals surface area (Å²) in [5.74, 6) is 2.75. The molecule has 0 radical (unpaired) electrons. The van der Waals surface area contributed by atoms with Crippen molar-refractivity contribution in [2.24, 2.45) is 0 Å². The van der Waals surface area contributed by atoms with E-state index in [1.807, 2.05) is 0 Å². The second kappa shape index (κ2) is 6.85. The molecule has 7 heteroatoms. The first-order chi connectivity index (χ1) is 11.0. The van der Waals surface area contributed by atoms with Crippen LogP contribution in [0.5, 0.6) is 0 Å². The zero-order chi connectivity index (χ0) is 18.0. The van der Waals surface area contributed by atoms with Gasteiger partial charge in [0, 0.05) is 19.5 Å². The molecule has 2 heterocycles. The normalized spacial score (nSPS) is 27.5. The van der Waals surface area contributed by atoms with Crippen LogP contribution in [0.4, 0.5) is 13.6 Å². The lowest BCUT2D eigenvalue weighted by Crippen LogP contribution is -2.61. The lowest BCUT2D eigenvalue weighted by atomic mass is 9.86. The lowest BCUT2D eigenvalue weighted by molar-refractivity contribution is -0.209. The highest BCUT2D eigenvalue weighted by atomic mass is 19.3. The molecule has 1 spiro atoms. The first-order valence-corrected chi connectivity index (χ1v) is 8.16. The maximum atomic E-state index is 14.1. The van der Waals surface area contributed by atoms with Gasteiger partial charge in [-0.2, -0.15) is 0 Å². The van der Waals surface area contributed by atoms with Gasteiger partial charge in [-0.05, 0) is 34.1 Å². The van der Waals surface area contributed by atoms with E-state index in [4.69, 9.17) is 9.47 Å². The van der Waals surface area contributed by atoms with Crippen LogP contribution in [0, 0.1) is 11.8 Å². The molecule has 5 nitrogen and oxygen atoms in total. The monoisotopic (exact) mass is 344 g/mol. The fourth-order valence-electron chi connectivity index (χ4n) is 3.10. The summed E-state index contributed by atoms with van der Waals surface area (Å²) in [5, 5.41) is 0. The van der Waals surface area contributed by atoms with Crippen molar-refractivity contribution in [1.29, 1.82) is 0 Å². The number of piperidine rings is 1. The highest BCUT2D eigenvalue weighted by Crippen LogP contribution is 2.39. The molecule has 0 aliphatic carbocycles. The third-order valence-electron chi connectivity index (χ3n) is 4.04. The second-order valence-corrected chi connectivity index (χ2v) is 7.55. The minimum atomic E-state index is -2.82. The van der Waals surface area contributed by atoms with Crippen molar-refractivity contribution < 1.29 is 23.0 Å². The summed E-state index contributed by atoms with van der Waals surface area (Å²) in [6.07, 6.45) is -0.440. The molecule has 24 heavy (non-hydrogen) atoms. The Bertz CT molecular complexity index is 526. The number of carbonyl (C=O) groups excluding carboxylic acids is 1. The summed E-state index contributed by atoms with van der Waals surface area (Å²) < 4.78 is 39.3. The third kappa shape index (κ3) is 5.05. The highest BCUT2D eigenvalue weighted by Gasteiger charge is 2.51. The Morgan fingerprint density at radius 3 is 2.58 bits per heavy atom. The summed E-state index contributed by atoms with van der Waals surface area (Å²) in [7, 11) is 0. The molecule has 2 fully saturated rings. The fraction of sp³-hybridized carbons (Fsp3) is 0.824. The number of carbonyl (C=O) groups is 1. The van der Waals surface area contributed by atoms with E-state index in [1.165, 1.54) is 4.90 Å². The number of ether oxygens (including phenoxy) is 2. The molecular formula is C17H26F2N2O3. The summed E-state index contributed by atoms with van der Waals surface area (Å²) in [6, 6.07) is 0. The van der Waals surface area contributed by atoms with E-state index >= 15 is 0 Å². The van der Waals surface area contributed by atoms with Crippen LogP contribution in [-0.4, -0.2) is 65.9 Å². The Balaban J connectivity index is 1.99. The van der Waals surface area contributed by atoms with Gasteiger partial charge in [0.1, 0.15) is 12.3 Å². The maximum Gasteiger partial charge on any atom is 0.412 e. The average molecular weight is 344 g/mol. The Morgan fingerprint density at radius 1 is 1.33 bits per heavy atom. The number of likely N-dealkylation sites (tertiary alicyclic amines) is 1. The first kappa shape index (κ1) is 18.9. The average Bonchev–Trinajstić information content (AvgIpc) is 2.42. The quantitative estimate of drug-likeness (QED) is 0.686. The van der Waals surface area contributed by atoms with Crippen molar-refractivity contribution in [2.45, 2.75) is 57.7 Å². The van der Waals surface area contributed by atoms with Crippen LogP contribution in [0.3, 0.4) is 0 Å². The minimum Gasteiger partial charge on any atom is -0.444 e. The van der Waals surface area contributed by atoms with Gasteiger partial charge >= 0.3 is 6.09 Å². The minimum absolute atomic E-state index is 0.0295. The topological polar surface area (TPSA) is 42.0 Å². The van der Waals surface area contributed by atoms with Gasteiger partial charge in [-0.15, -0.1) is 5.92 Å². The molecule has 1 amide bonds. The van der Waals surface area contributed by atoms with E-state index in [9.17, 15) is 13.6 Å². The summed E-state index contributed by atoms with van der Waals surface area (Å²) in [4.78, 5) is 15.1. The number of alkyl halides is 2. The zero-order valence-corrected chi connectivity index (χ0v) is 14.8. The molecule has 0 bridgehead atoms. The maximum absolute atomic E-state index is 14.1. The van der Waals surface area contributed by atoms with Gasteiger partial charge in [0.25, 0.3) is 5.92 Å². The Labute approximate surface area is 142 Å². The number of halogens is 2. The van der Waals surface area contributed by atoms with Gasteiger partial charge in [0.15, 0.2) is 0 Å². The molecule has 1 atom stereocenters. The van der Waals surface area contributed by atoms with E-state index in [0.29, 0.717) is 26.1 Å². The van der Waals surface area contributed by atoms with Crippen LogP contribution in [-0.2, 0) is 9.47 Å². The third-order valence-corrected chi connectivity index (χ3v) is 4.04. The van der Waals surface area contributed by atoms with Crippen molar-refractivity contribution >= 4 is 6.09 Å². The molecule has 136 valence electrons. The van der Waals surface area contributed by atoms with Crippen LogP contribution < -0.4 is 0 Å². The Hall–Kier alpha value is -1.39. The van der Waals surface area contributed by atoms with Gasteiger partial charge in [0.05, 0.1) is 18.7 Å². The van der Waals surface area contributed by atoms with Crippen LogP contribution >= 0.6 is 0 Å². The molecule has 0 aromatic rings. The molecule has 0 N–H and O–H groups in total. The fourth-order valence-corrected chi connectivity index (χ4v) is 3.10. The lowest BCUT2D eigenvalue weighted by Gasteiger charge is -2.49. The Kier molecular flexibility index (Phi) is 5.41. The SMILES string of the molecule is CC#CCN1CC(F)(F)CC2(CCN(C(=O)OC(C)(C)C)CO2)C1. The number of nitrogens with zero attached hydrogens (tertiary/aromatic N) is 2. The number of amides is 1. The molecule has 0 aromatic carbocycles. The smallest absolute Gasteiger partial charge is 0.412 e. The van der Waals surface area contributed by atoms with E-state index in [2.05, 4.69) is 11.8 Å². The summed E-state index contributed by atoms with van der Waals surface area (Å²) in [5.41, 5.74) is -1.53. The summed E-state index contributed by atoms with van der Waals surface area (Å²) >= 11 is 0. The largest absolute Gasteiger partial charge is 0.444 e. The predicted octanol–water partition coefficient (Wildman–Crippen LogP) is 2.70. The van der Waals surface area contributed by atoms with Gasteiger partial charge in [-0.25, -0.2) is 13.6 Å². The van der Waals surface area contributed by atoms with Gasteiger partial charge in [-0.1, -0.05) is 5.92 Å². The second-order valence-electron chi connectivity index (χ2n) is 7.55. The van der Waals surface area contributed by atoms with Gasteiger partial charge < -0.3 is 9.47 Å². The van der Waals surface area contributed by atoms with Crippen molar-refractivity contribution in [3.05, 3.63) is 0 Å². The molecule has 2 rings (SSSR count). The zero-order valence-electron chi connectivity index (χ0n) is 14.8. The van der Waals surface area contributed by atoms with E-state index in [-0.39, 0.29) is 19.7 Å². The summed E-state index contributed by atoms with van der Waals surface area (Å²) in [6.45, 7) is 7.75. The van der Waals surface area contributed by atoms with E-state index < -0.39 is 23.2 Å². The standard InChI is InChI=1S/C17H26F2N2O3/c1-5-6-8-20-11-16(10-17(18,19)12-20)7-9-21(13-23-16)14(22)24-15(2,3)4/h7-13H2,1-4H3. The molecule has 2 aliphatic heterocycles. The van der Waals surface area contributed by atoms with Crippen molar-refractivity contribution in [1.82, 2.24) is 9.80 Å². The molecule has 1 unspecified atom stereocenters. The van der Waals surface area contributed by atoms with Crippen LogP contribution in [0.15, 0.2) is 0 Å². The molecule has 0 saturated carbocycles. The highest BCUT2D eigenvalue weighted by molar-refractivity contribution is 5.68. The predicted molar refractivity (Wildman–Crippen MR) is 85.7 cm³/mol. The van der Waals surface area contributed by atoms with Gasteiger partial charge in [0.2, 0.25) is 0 Å².